The Hall–Kier alpha value is -0.433. The van der Waals surface area contributed by atoms with E-state index in [1.807, 2.05) is 20.8 Å². The van der Waals surface area contributed by atoms with Gasteiger partial charge in [-0.1, -0.05) is 32.6 Å². The number of hydrogen-bond donors (Lipinski definition) is 1. The van der Waals surface area contributed by atoms with E-state index >= 15 is 0 Å². The number of carbonyl (C=O) groups excluding carboxylic acids is 1. The molecule has 0 aliphatic carbocycles. The second kappa shape index (κ2) is 17.0. The number of hydrogen-bond acceptors (Lipinski definition) is 4. The highest BCUT2D eigenvalue weighted by Crippen LogP contribution is 2.17. The summed E-state index contributed by atoms with van der Waals surface area (Å²) in [7, 11) is -2.57. The van der Waals surface area contributed by atoms with Crippen molar-refractivity contribution in [1.82, 2.24) is 5.32 Å². The Morgan fingerprint density at radius 2 is 1.48 bits per heavy atom. The fourth-order valence-corrected chi connectivity index (χ4v) is 5.32. The molecule has 1 radical (unpaired) electrons. The molecule has 0 bridgehead atoms. The summed E-state index contributed by atoms with van der Waals surface area (Å²) in [5.74, 6) is 0.137. The number of rotatable bonds is 18. The highest BCUT2D eigenvalue weighted by atomic mass is 28.4. The van der Waals surface area contributed by atoms with E-state index in [9.17, 15) is 4.79 Å². The minimum absolute atomic E-state index is 0.137. The van der Waals surface area contributed by atoms with Crippen molar-refractivity contribution in [2.24, 2.45) is 0 Å². The van der Waals surface area contributed by atoms with Crippen LogP contribution in [-0.2, 0) is 18.1 Å². The zero-order valence-corrected chi connectivity index (χ0v) is 17.9. The molecule has 25 heavy (non-hydrogen) atoms. The number of unbranched alkanes of at least 4 members (excludes halogenated alkanes) is 6. The summed E-state index contributed by atoms with van der Waals surface area (Å²) >= 11 is 0. The summed E-state index contributed by atoms with van der Waals surface area (Å²) in [5.41, 5.74) is 0. The first-order chi connectivity index (χ1) is 12.1. The molecule has 149 valence electrons. The lowest BCUT2D eigenvalue weighted by atomic mass is 10.1. The van der Waals surface area contributed by atoms with Crippen LogP contribution >= 0.6 is 0 Å². The maximum Gasteiger partial charge on any atom is 0.500 e. The Bertz CT molecular complexity index is 299. The van der Waals surface area contributed by atoms with Crippen LogP contribution in [0.2, 0.25) is 6.04 Å². The Morgan fingerprint density at radius 1 is 0.880 bits per heavy atom. The van der Waals surface area contributed by atoms with Crippen molar-refractivity contribution in [3.8, 4) is 0 Å². The third-order valence-electron chi connectivity index (χ3n) is 3.90. The molecular formula is C19H40NO4Si. The molecule has 0 aliphatic rings. The van der Waals surface area contributed by atoms with Crippen molar-refractivity contribution < 1.29 is 18.1 Å². The molecule has 1 N–H and O–H groups in total. The lowest BCUT2D eigenvalue weighted by Crippen LogP contribution is -2.46. The van der Waals surface area contributed by atoms with Crippen LogP contribution in [0, 0.1) is 6.42 Å². The van der Waals surface area contributed by atoms with Crippen molar-refractivity contribution >= 4 is 14.7 Å². The monoisotopic (exact) mass is 374 g/mol. The van der Waals surface area contributed by atoms with Crippen LogP contribution in [0.25, 0.3) is 0 Å². The van der Waals surface area contributed by atoms with Crippen LogP contribution in [0.15, 0.2) is 0 Å². The van der Waals surface area contributed by atoms with Gasteiger partial charge < -0.3 is 18.6 Å². The van der Waals surface area contributed by atoms with Gasteiger partial charge in [-0.25, -0.2) is 0 Å². The van der Waals surface area contributed by atoms with E-state index in [4.69, 9.17) is 13.3 Å². The highest BCUT2D eigenvalue weighted by Gasteiger charge is 2.39. The molecule has 0 spiro atoms. The summed E-state index contributed by atoms with van der Waals surface area (Å²) in [4.78, 5) is 11.9. The van der Waals surface area contributed by atoms with Gasteiger partial charge in [0.05, 0.1) is 0 Å². The summed E-state index contributed by atoms with van der Waals surface area (Å²) in [6.07, 6.45) is 10.7. The topological polar surface area (TPSA) is 56.8 Å². The number of carbonyl (C=O) groups is 1. The Labute approximate surface area is 156 Å². The average Bonchev–Trinajstić information content (AvgIpc) is 2.59. The fraction of sp³-hybridized carbons (Fsp3) is 0.895. The summed E-state index contributed by atoms with van der Waals surface area (Å²) in [5, 5.41) is 3.00. The van der Waals surface area contributed by atoms with Gasteiger partial charge in [0.15, 0.2) is 0 Å². The highest BCUT2D eigenvalue weighted by molar-refractivity contribution is 6.60. The average molecular weight is 375 g/mol. The van der Waals surface area contributed by atoms with E-state index < -0.39 is 8.80 Å². The van der Waals surface area contributed by atoms with E-state index in [0.717, 1.165) is 25.3 Å². The second-order valence-electron chi connectivity index (χ2n) is 6.11. The van der Waals surface area contributed by atoms with Gasteiger partial charge in [0, 0.05) is 38.8 Å². The summed E-state index contributed by atoms with van der Waals surface area (Å²) in [6.45, 7) is 10.5. The Balaban J connectivity index is 3.83. The fourth-order valence-electron chi connectivity index (χ4n) is 2.71. The normalized spacial score (nSPS) is 11.7. The van der Waals surface area contributed by atoms with Crippen molar-refractivity contribution in [1.29, 1.82) is 0 Å². The van der Waals surface area contributed by atoms with Crippen molar-refractivity contribution in [3.63, 3.8) is 0 Å². The molecule has 0 fully saturated rings. The quantitative estimate of drug-likeness (QED) is 0.283. The lowest BCUT2D eigenvalue weighted by molar-refractivity contribution is -0.121. The van der Waals surface area contributed by atoms with Gasteiger partial charge in [0.25, 0.3) is 0 Å². The Kier molecular flexibility index (Phi) is 16.7. The molecule has 6 heteroatoms. The molecular weight excluding hydrogens is 334 g/mol. The smallest absolute Gasteiger partial charge is 0.374 e. The Morgan fingerprint density at radius 3 is 2.04 bits per heavy atom. The van der Waals surface area contributed by atoms with Crippen molar-refractivity contribution in [2.45, 2.75) is 85.1 Å². The minimum atomic E-state index is -2.57. The molecule has 0 atom stereocenters. The number of amides is 1. The minimum Gasteiger partial charge on any atom is -0.374 e. The van der Waals surface area contributed by atoms with E-state index in [0.29, 0.717) is 32.8 Å². The first kappa shape index (κ1) is 24.6. The second-order valence-corrected chi connectivity index (χ2v) is 8.84. The molecule has 0 aliphatic heterocycles. The standard InChI is InChI=1S/C19H40NO4Si/c1-5-9-10-11-12-13-14-16-19(21)20-17-15-18-25(22-6-2,23-7-3)24-8-4/h12H,5-11,13-18H2,1-4H3,(H,20,21). The molecule has 0 rings (SSSR count). The molecule has 0 saturated carbocycles. The van der Waals surface area contributed by atoms with Crippen molar-refractivity contribution in [2.75, 3.05) is 26.4 Å². The first-order valence-electron chi connectivity index (χ1n) is 10.1. The lowest BCUT2D eigenvalue weighted by Gasteiger charge is -2.28. The molecule has 1 amide bonds. The van der Waals surface area contributed by atoms with Gasteiger partial charge in [-0.05, 0) is 46.5 Å². The first-order valence-corrected chi connectivity index (χ1v) is 12.1. The van der Waals surface area contributed by atoms with Crippen LogP contribution in [0.3, 0.4) is 0 Å². The number of nitrogens with one attached hydrogen (secondary N) is 1. The van der Waals surface area contributed by atoms with E-state index in [2.05, 4.69) is 18.7 Å². The van der Waals surface area contributed by atoms with Crippen LogP contribution in [0.1, 0.15) is 79.1 Å². The van der Waals surface area contributed by atoms with Gasteiger partial charge in [-0.2, -0.15) is 0 Å². The maximum atomic E-state index is 11.9. The van der Waals surface area contributed by atoms with E-state index in [1.54, 1.807) is 0 Å². The molecule has 5 nitrogen and oxygen atoms in total. The van der Waals surface area contributed by atoms with Crippen LogP contribution in [0.4, 0.5) is 0 Å². The predicted octanol–water partition coefficient (Wildman–Crippen LogP) is 4.50. The maximum absolute atomic E-state index is 11.9. The van der Waals surface area contributed by atoms with Gasteiger partial charge >= 0.3 is 8.80 Å². The van der Waals surface area contributed by atoms with Crippen LogP contribution in [-0.4, -0.2) is 41.1 Å². The van der Waals surface area contributed by atoms with Crippen LogP contribution < -0.4 is 5.32 Å². The molecule has 0 unspecified atom stereocenters. The third kappa shape index (κ3) is 13.4. The molecule has 0 aromatic heterocycles. The van der Waals surface area contributed by atoms with E-state index in [1.165, 1.54) is 25.7 Å². The predicted molar refractivity (Wildman–Crippen MR) is 105 cm³/mol. The van der Waals surface area contributed by atoms with Gasteiger partial charge in [-0.3, -0.25) is 4.79 Å². The third-order valence-corrected chi connectivity index (χ3v) is 7.05. The zero-order chi connectivity index (χ0) is 18.8. The zero-order valence-electron chi connectivity index (χ0n) is 16.9. The molecule has 0 heterocycles. The van der Waals surface area contributed by atoms with Gasteiger partial charge in [-0.15, -0.1) is 0 Å². The largest absolute Gasteiger partial charge is 0.500 e. The summed E-state index contributed by atoms with van der Waals surface area (Å²) < 4.78 is 17.4. The summed E-state index contributed by atoms with van der Waals surface area (Å²) in [6, 6.07) is 0.744. The molecule has 0 saturated heterocycles. The van der Waals surface area contributed by atoms with Crippen LogP contribution in [0.5, 0.6) is 0 Å². The van der Waals surface area contributed by atoms with E-state index in [-0.39, 0.29) is 5.91 Å². The molecule has 0 aromatic carbocycles. The van der Waals surface area contributed by atoms with Gasteiger partial charge in [0.2, 0.25) is 5.91 Å². The SMILES string of the molecule is CCCCC[CH]CCCC(=O)NCCC[Si](OCC)(OCC)OCC. The van der Waals surface area contributed by atoms with Gasteiger partial charge in [0.1, 0.15) is 0 Å². The van der Waals surface area contributed by atoms with Crippen molar-refractivity contribution in [3.05, 3.63) is 6.42 Å². The molecule has 0 aromatic rings.